The molecule has 0 bridgehead atoms. The number of aromatic nitrogens is 1. The minimum absolute atomic E-state index is 0.193. The van der Waals surface area contributed by atoms with E-state index in [1.807, 2.05) is 0 Å². The highest BCUT2D eigenvalue weighted by Gasteiger charge is 2.47. The average Bonchev–Trinajstić information content (AvgIpc) is 2.89. The van der Waals surface area contributed by atoms with E-state index in [1.54, 1.807) is 5.32 Å². The first kappa shape index (κ1) is 17.6. The SMILES string of the molecule is O=C(N[C@@H]1CC[C@@H](C(F)(F)F)N(Cc2cocn2)C1)C(F)(F)F. The van der Waals surface area contributed by atoms with Gasteiger partial charge in [-0.05, 0) is 12.8 Å². The van der Waals surface area contributed by atoms with Gasteiger partial charge in [-0.1, -0.05) is 0 Å². The molecule has 1 amide bonds. The molecule has 0 saturated carbocycles. The average molecular weight is 345 g/mol. The molecule has 0 radical (unpaired) electrons. The zero-order valence-electron chi connectivity index (χ0n) is 11.6. The number of hydrogen-bond donors (Lipinski definition) is 1. The lowest BCUT2D eigenvalue weighted by molar-refractivity contribution is -0.196. The van der Waals surface area contributed by atoms with E-state index in [0.717, 1.165) is 17.6 Å². The summed E-state index contributed by atoms with van der Waals surface area (Å²) in [7, 11) is 0. The summed E-state index contributed by atoms with van der Waals surface area (Å²) in [4.78, 5) is 15.6. The number of halogens is 6. The largest absolute Gasteiger partial charge is 0.471 e. The van der Waals surface area contributed by atoms with Gasteiger partial charge in [-0.15, -0.1) is 0 Å². The van der Waals surface area contributed by atoms with Crippen LogP contribution >= 0.6 is 0 Å². The van der Waals surface area contributed by atoms with E-state index >= 15 is 0 Å². The molecular formula is C12H13F6N3O2. The smallest absolute Gasteiger partial charge is 0.451 e. The van der Waals surface area contributed by atoms with Crippen LogP contribution in [0.25, 0.3) is 0 Å². The number of amides is 1. The van der Waals surface area contributed by atoms with Gasteiger partial charge in [-0.25, -0.2) is 4.98 Å². The molecule has 130 valence electrons. The van der Waals surface area contributed by atoms with Crippen molar-refractivity contribution >= 4 is 5.91 Å². The first-order chi connectivity index (χ1) is 10.6. The van der Waals surface area contributed by atoms with Gasteiger partial charge in [-0.3, -0.25) is 9.69 Å². The van der Waals surface area contributed by atoms with Gasteiger partial charge in [0.15, 0.2) is 6.39 Å². The molecule has 1 aromatic rings. The third-order valence-electron chi connectivity index (χ3n) is 3.50. The molecule has 5 nitrogen and oxygen atoms in total. The standard InChI is InChI=1S/C12H13F6N3O2/c13-11(14,15)9-2-1-7(20-10(22)12(16,17)18)3-21(9)4-8-5-23-6-19-8/h5-7,9H,1-4H2,(H,20,22)/t7-,9+/m1/s1. The van der Waals surface area contributed by atoms with E-state index in [1.165, 1.54) is 0 Å². The summed E-state index contributed by atoms with van der Waals surface area (Å²) in [6, 6.07) is -2.83. The number of nitrogens with zero attached hydrogens (tertiary/aromatic N) is 2. The molecule has 2 heterocycles. The fourth-order valence-corrected chi connectivity index (χ4v) is 2.50. The van der Waals surface area contributed by atoms with E-state index in [0.29, 0.717) is 0 Å². The van der Waals surface area contributed by atoms with Crippen LogP contribution in [0.2, 0.25) is 0 Å². The fraction of sp³-hybridized carbons (Fsp3) is 0.667. The van der Waals surface area contributed by atoms with Crippen molar-refractivity contribution < 1.29 is 35.6 Å². The van der Waals surface area contributed by atoms with Crippen LogP contribution in [0.15, 0.2) is 17.1 Å². The molecule has 1 N–H and O–H groups in total. The van der Waals surface area contributed by atoms with Gasteiger partial charge >= 0.3 is 18.3 Å². The van der Waals surface area contributed by atoms with E-state index in [2.05, 4.69) is 9.40 Å². The summed E-state index contributed by atoms with van der Waals surface area (Å²) in [5.41, 5.74) is 0.224. The quantitative estimate of drug-likeness (QED) is 0.854. The van der Waals surface area contributed by atoms with Crippen LogP contribution in [0, 0.1) is 0 Å². The number of likely N-dealkylation sites (tertiary alicyclic amines) is 1. The molecule has 0 aliphatic carbocycles. The second kappa shape index (κ2) is 6.38. The van der Waals surface area contributed by atoms with Crippen molar-refractivity contribution in [1.82, 2.24) is 15.2 Å². The Kier molecular flexibility index (Phi) is 4.87. The molecule has 2 atom stereocenters. The van der Waals surface area contributed by atoms with Crippen molar-refractivity contribution in [3.8, 4) is 0 Å². The van der Waals surface area contributed by atoms with Crippen molar-refractivity contribution in [2.75, 3.05) is 6.54 Å². The number of piperidine rings is 1. The normalized spacial score (nSPS) is 23.7. The molecule has 1 fully saturated rings. The molecule has 0 spiro atoms. The Morgan fingerprint density at radius 2 is 2.00 bits per heavy atom. The fourth-order valence-electron chi connectivity index (χ4n) is 2.50. The number of carbonyl (C=O) groups excluding carboxylic acids is 1. The van der Waals surface area contributed by atoms with Crippen LogP contribution in [0.5, 0.6) is 0 Å². The molecule has 1 aromatic heterocycles. The molecule has 1 aliphatic heterocycles. The summed E-state index contributed by atoms with van der Waals surface area (Å²) >= 11 is 0. The predicted octanol–water partition coefficient (Wildman–Crippen LogP) is 2.25. The lowest BCUT2D eigenvalue weighted by Gasteiger charge is -2.40. The van der Waals surface area contributed by atoms with Gasteiger partial charge in [-0.2, -0.15) is 26.3 Å². The second-order valence-electron chi connectivity index (χ2n) is 5.21. The molecular weight excluding hydrogens is 332 g/mol. The minimum Gasteiger partial charge on any atom is -0.451 e. The van der Waals surface area contributed by atoms with Crippen molar-refractivity contribution in [2.45, 2.75) is 43.8 Å². The van der Waals surface area contributed by atoms with Crippen molar-refractivity contribution in [3.63, 3.8) is 0 Å². The number of oxazole rings is 1. The lowest BCUT2D eigenvalue weighted by atomic mass is 9.97. The van der Waals surface area contributed by atoms with E-state index < -0.39 is 36.8 Å². The first-order valence-corrected chi connectivity index (χ1v) is 6.63. The van der Waals surface area contributed by atoms with Gasteiger partial charge in [0.05, 0.1) is 5.69 Å². The van der Waals surface area contributed by atoms with Crippen molar-refractivity contribution in [3.05, 3.63) is 18.4 Å². The van der Waals surface area contributed by atoms with Crippen LogP contribution in [-0.2, 0) is 11.3 Å². The van der Waals surface area contributed by atoms with Crippen molar-refractivity contribution in [1.29, 1.82) is 0 Å². The molecule has 0 aromatic carbocycles. The Bertz CT molecular complexity index is 528. The highest BCUT2D eigenvalue weighted by molar-refractivity contribution is 5.81. The predicted molar refractivity (Wildman–Crippen MR) is 64.0 cm³/mol. The number of carbonyl (C=O) groups is 1. The molecule has 23 heavy (non-hydrogen) atoms. The molecule has 0 unspecified atom stereocenters. The zero-order chi connectivity index (χ0) is 17.3. The Labute approximate surface area is 126 Å². The van der Waals surface area contributed by atoms with Crippen LogP contribution in [0.4, 0.5) is 26.3 Å². The van der Waals surface area contributed by atoms with E-state index in [-0.39, 0.29) is 25.2 Å². The Morgan fingerprint density at radius 1 is 1.30 bits per heavy atom. The summed E-state index contributed by atoms with van der Waals surface area (Å²) in [5, 5.41) is 1.72. The summed E-state index contributed by atoms with van der Waals surface area (Å²) in [6.45, 7) is -0.599. The Balaban J connectivity index is 2.07. The van der Waals surface area contributed by atoms with Gasteiger partial charge in [0.1, 0.15) is 12.3 Å². The Morgan fingerprint density at radius 3 is 2.52 bits per heavy atom. The number of nitrogens with one attached hydrogen (secondary N) is 1. The van der Waals surface area contributed by atoms with Crippen LogP contribution in [-0.4, -0.2) is 46.8 Å². The maximum absolute atomic E-state index is 13.0. The van der Waals surface area contributed by atoms with Gasteiger partial charge in [0.2, 0.25) is 0 Å². The summed E-state index contributed by atoms with van der Waals surface area (Å²) in [5.74, 6) is -2.16. The van der Waals surface area contributed by atoms with E-state index in [4.69, 9.17) is 0 Å². The number of rotatable bonds is 3. The third kappa shape index (κ3) is 4.60. The first-order valence-electron chi connectivity index (χ1n) is 6.63. The van der Waals surface area contributed by atoms with Gasteiger partial charge < -0.3 is 9.73 Å². The topological polar surface area (TPSA) is 58.4 Å². The maximum atomic E-state index is 13.0. The number of alkyl halides is 6. The van der Waals surface area contributed by atoms with E-state index in [9.17, 15) is 31.1 Å². The Hall–Kier alpha value is -1.78. The molecule has 1 saturated heterocycles. The van der Waals surface area contributed by atoms with Crippen LogP contribution in [0.3, 0.4) is 0 Å². The van der Waals surface area contributed by atoms with Crippen LogP contribution < -0.4 is 5.32 Å². The summed E-state index contributed by atoms with van der Waals surface area (Å²) in [6.07, 6.45) is -8.00. The molecule has 11 heteroatoms. The van der Waals surface area contributed by atoms with Crippen molar-refractivity contribution in [2.24, 2.45) is 0 Å². The summed E-state index contributed by atoms with van der Waals surface area (Å²) < 4.78 is 80.5. The highest BCUT2D eigenvalue weighted by Crippen LogP contribution is 2.33. The number of hydrogen-bond acceptors (Lipinski definition) is 4. The molecule has 2 rings (SSSR count). The lowest BCUT2D eigenvalue weighted by Crippen LogP contribution is -2.57. The second-order valence-corrected chi connectivity index (χ2v) is 5.21. The van der Waals surface area contributed by atoms with Crippen LogP contribution in [0.1, 0.15) is 18.5 Å². The highest BCUT2D eigenvalue weighted by atomic mass is 19.4. The third-order valence-corrected chi connectivity index (χ3v) is 3.50. The minimum atomic E-state index is -5.07. The monoisotopic (exact) mass is 345 g/mol. The van der Waals surface area contributed by atoms with Gasteiger partial charge in [0, 0.05) is 19.1 Å². The maximum Gasteiger partial charge on any atom is 0.471 e. The van der Waals surface area contributed by atoms with Gasteiger partial charge in [0.25, 0.3) is 0 Å². The zero-order valence-corrected chi connectivity index (χ0v) is 11.6. The molecule has 1 aliphatic rings.